The molecule has 0 atom stereocenters. The fourth-order valence-corrected chi connectivity index (χ4v) is 2.08. The van der Waals surface area contributed by atoms with E-state index in [4.69, 9.17) is 0 Å². The standard InChI is InChI=1S/C14H12N4/c1-10-12(11-6-3-2-4-7-11)8-5-9-13(10)14-15-17-18-16-14/h2-9H,1H3,(H,15,16,17,18). The Morgan fingerprint density at radius 2 is 1.67 bits per heavy atom. The van der Waals surface area contributed by atoms with Gasteiger partial charge in [-0.25, -0.2) is 0 Å². The van der Waals surface area contributed by atoms with E-state index in [1.165, 1.54) is 11.1 Å². The van der Waals surface area contributed by atoms with E-state index in [0.29, 0.717) is 5.82 Å². The zero-order valence-electron chi connectivity index (χ0n) is 9.96. The zero-order chi connectivity index (χ0) is 12.4. The second-order valence-electron chi connectivity index (χ2n) is 4.08. The van der Waals surface area contributed by atoms with Crippen LogP contribution in [0.1, 0.15) is 5.56 Å². The van der Waals surface area contributed by atoms with Gasteiger partial charge in [-0.3, -0.25) is 0 Å². The van der Waals surface area contributed by atoms with E-state index in [0.717, 1.165) is 11.1 Å². The van der Waals surface area contributed by atoms with Crippen molar-refractivity contribution in [3.63, 3.8) is 0 Å². The second-order valence-corrected chi connectivity index (χ2v) is 4.08. The van der Waals surface area contributed by atoms with Crippen molar-refractivity contribution in [1.29, 1.82) is 0 Å². The van der Waals surface area contributed by atoms with E-state index in [9.17, 15) is 0 Å². The molecular weight excluding hydrogens is 224 g/mol. The molecule has 0 unspecified atom stereocenters. The lowest BCUT2D eigenvalue weighted by molar-refractivity contribution is 0.881. The van der Waals surface area contributed by atoms with Gasteiger partial charge >= 0.3 is 0 Å². The van der Waals surface area contributed by atoms with Crippen LogP contribution < -0.4 is 0 Å². The molecule has 1 heterocycles. The van der Waals surface area contributed by atoms with E-state index >= 15 is 0 Å². The summed E-state index contributed by atoms with van der Waals surface area (Å²) in [5.74, 6) is 0.630. The number of hydrogen-bond donors (Lipinski definition) is 1. The van der Waals surface area contributed by atoms with Gasteiger partial charge in [-0.05, 0) is 28.8 Å². The lowest BCUT2D eigenvalue weighted by atomic mass is 9.96. The molecule has 0 bridgehead atoms. The SMILES string of the molecule is Cc1c(-c2ccccc2)cccc1-c1nn[nH]n1. The van der Waals surface area contributed by atoms with Gasteiger partial charge in [0.05, 0.1) is 0 Å². The molecule has 4 heteroatoms. The lowest BCUT2D eigenvalue weighted by Gasteiger charge is -2.08. The Balaban J connectivity index is 2.16. The quantitative estimate of drug-likeness (QED) is 0.744. The summed E-state index contributed by atoms with van der Waals surface area (Å²) in [4.78, 5) is 0. The van der Waals surface area contributed by atoms with Crippen LogP contribution in [0.4, 0.5) is 0 Å². The number of benzene rings is 2. The summed E-state index contributed by atoms with van der Waals surface area (Å²) in [6.07, 6.45) is 0. The Kier molecular flexibility index (Phi) is 2.61. The van der Waals surface area contributed by atoms with Gasteiger partial charge in [0.25, 0.3) is 0 Å². The predicted octanol–water partition coefficient (Wildman–Crippen LogP) is 2.84. The van der Waals surface area contributed by atoms with Gasteiger partial charge in [-0.15, -0.1) is 10.2 Å². The Bertz CT molecular complexity index is 645. The molecule has 1 aromatic heterocycles. The maximum atomic E-state index is 4.03. The van der Waals surface area contributed by atoms with Gasteiger partial charge < -0.3 is 0 Å². The van der Waals surface area contributed by atoms with Crippen LogP contribution in [0, 0.1) is 6.92 Å². The van der Waals surface area contributed by atoms with Crippen molar-refractivity contribution in [1.82, 2.24) is 20.6 Å². The number of aromatic amines is 1. The predicted molar refractivity (Wildman–Crippen MR) is 69.8 cm³/mol. The van der Waals surface area contributed by atoms with Crippen molar-refractivity contribution in [3.05, 3.63) is 54.1 Å². The largest absolute Gasteiger partial charge is 0.204 e. The first kappa shape index (κ1) is 10.7. The molecule has 3 rings (SSSR count). The third kappa shape index (κ3) is 1.78. The second kappa shape index (κ2) is 4.41. The summed E-state index contributed by atoms with van der Waals surface area (Å²) >= 11 is 0. The van der Waals surface area contributed by atoms with Crippen molar-refractivity contribution in [3.8, 4) is 22.5 Å². The fraction of sp³-hybridized carbons (Fsp3) is 0.0714. The maximum Gasteiger partial charge on any atom is 0.204 e. The van der Waals surface area contributed by atoms with Crippen LogP contribution in [0.5, 0.6) is 0 Å². The van der Waals surface area contributed by atoms with Crippen LogP contribution >= 0.6 is 0 Å². The number of H-pyrrole nitrogens is 1. The first-order valence-corrected chi connectivity index (χ1v) is 5.75. The topological polar surface area (TPSA) is 54.5 Å². The minimum atomic E-state index is 0.630. The van der Waals surface area contributed by atoms with E-state index in [-0.39, 0.29) is 0 Å². The zero-order valence-corrected chi connectivity index (χ0v) is 9.96. The van der Waals surface area contributed by atoms with E-state index in [2.05, 4.69) is 45.7 Å². The summed E-state index contributed by atoms with van der Waals surface area (Å²) in [7, 11) is 0. The van der Waals surface area contributed by atoms with Crippen LogP contribution in [0.2, 0.25) is 0 Å². The summed E-state index contributed by atoms with van der Waals surface area (Å²) in [5, 5.41) is 14.2. The van der Waals surface area contributed by atoms with Gasteiger partial charge in [0.15, 0.2) is 0 Å². The molecular formula is C14H12N4. The van der Waals surface area contributed by atoms with E-state index in [1.54, 1.807) is 0 Å². The number of nitrogens with one attached hydrogen (secondary N) is 1. The molecule has 0 saturated carbocycles. The van der Waals surface area contributed by atoms with Crippen molar-refractivity contribution in [2.75, 3.05) is 0 Å². The molecule has 0 spiro atoms. The number of hydrogen-bond acceptors (Lipinski definition) is 3. The van der Waals surface area contributed by atoms with Crippen molar-refractivity contribution in [2.45, 2.75) is 6.92 Å². The smallest absolute Gasteiger partial charge is 0.177 e. The molecule has 0 radical (unpaired) electrons. The summed E-state index contributed by atoms with van der Waals surface area (Å²) in [6.45, 7) is 2.08. The van der Waals surface area contributed by atoms with Crippen LogP contribution in [0.15, 0.2) is 48.5 Å². The maximum absolute atomic E-state index is 4.03. The van der Waals surface area contributed by atoms with Gasteiger partial charge in [-0.2, -0.15) is 5.21 Å². The number of aromatic nitrogens is 4. The normalized spacial score (nSPS) is 10.5. The Morgan fingerprint density at radius 3 is 2.39 bits per heavy atom. The summed E-state index contributed by atoms with van der Waals surface area (Å²) in [5.41, 5.74) is 4.55. The summed E-state index contributed by atoms with van der Waals surface area (Å²) in [6, 6.07) is 16.4. The average Bonchev–Trinajstić information content (AvgIpc) is 2.94. The Labute approximate surface area is 105 Å². The molecule has 4 nitrogen and oxygen atoms in total. The Morgan fingerprint density at radius 1 is 0.889 bits per heavy atom. The molecule has 0 aliphatic heterocycles. The minimum absolute atomic E-state index is 0.630. The van der Waals surface area contributed by atoms with Crippen LogP contribution in [0.25, 0.3) is 22.5 Å². The van der Waals surface area contributed by atoms with Crippen molar-refractivity contribution >= 4 is 0 Å². The molecule has 0 aliphatic rings. The van der Waals surface area contributed by atoms with E-state index < -0.39 is 0 Å². The Hall–Kier alpha value is -2.49. The molecule has 1 N–H and O–H groups in total. The lowest BCUT2D eigenvalue weighted by Crippen LogP contribution is -1.90. The number of rotatable bonds is 2. The van der Waals surface area contributed by atoms with Gasteiger partial charge in [0.2, 0.25) is 5.82 Å². The monoisotopic (exact) mass is 236 g/mol. The van der Waals surface area contributed by atoms with Gasteiger partial charge in [-0.1, -0.05) is 48.5 Å². The van der Waals surface area contributed by atoms with Crippen molar-refractivity contribution in [2.24, 2.45) is 0 Å². The highest BCUT2D eigenvalue weighted by molar-refractivity contribution is 5.75. The number of nitrogens with zero attached hydrogens (tertiary/aromatic N) is 3. The fourth-order valence-electron chi connectivity index (χ4n) is 2.08. The molecule has 3 aromatic rings. The van der Waals surface area contributed by atoms with E-state index in [1.807, 2.05) is 30.3 Å². The van der Waals surface area contributed by atoms with Crippen LogP contribution in [0.3, 0.4) is 0 Å². The van der Waals surface area contributed by atoms with Gasteiger partial charge in [0.1, 0.15) is 0 Å². The van der Waals surface area contributed by atoms with Crippen LogP contribution in [-0.4, -0.2) is 20.6 Å². The summed E-state index contributed by atoms with van der Waals surface area (Å²) < 4.78 is 0. The highest BCUT2D eigenvalue weighted by Crippen LogP contribution is 2.29. The molecule has 18 heavy (non-hydrogen) atoms. The highest BCUT2D eigenvalue weighted by atomic mass is 15.5. The first-order valence-electron chi connectivity index (χ1n) is 5.75. The third-order valence-electron chi connectivity index (χ3n) is 3.00. The molecule has 0 aliphatic carbocycles. The molecule has 88 valence electrons. The molecule has 0 saturated heterocycles. The molecule has 0 fully saturated rings. The van der Waals surface area contributed by atoms with Crippen LogP contribution in [-0.2, 0) is 0 Å². The highest BCUT2D eigenvalue weighted by Gasteiger charge is 2.10. The first-order chi connectivity index (χ1) is 8.86. The van der Waals surface area contributed by atoms with Gasteiger partial charge in [0, 0.05) is 5.56 Å². The average molecular weight is 236 g/mol. The number of tetrazole rings is 1. The third-order valence-corrected chi connectivity index (χ3v) is 3.00. The van der Waals surface area contributed by atoms with Crippen molar-refractivity contribution < 1.29 is 0 Å². The molecule has 2 aromatic carbocycles. The molecule has 0 amide bonds. The minimum Gasteiger partial charge on any atom is -0.177 e.